The zero-order chi connectivity index (χ0) is 13.5. The van der Waals surface area contributed by atoms with Crippen molar-refractivity contribution in [2.45, 2.75) is 6.42 Å². The number of hydrogen-bond acceptors (Lipinski definition) is 4. The molecule has 98 valence electrons. The summed E-state index contributed by atoms with van der Waals surface area (Å²) in [5.41, 5.74) is 0.509. The van der Waals surface area contributed by atoms with E-state index in [9.17, 15) is 9.59 Å². The maximum absolute atomic E-state index is 11.0. The highest BCUT2D eigenvalue weighted by molar-refractivity contribution is 5.80. The van der Waals surface area contributed by atoms with E-state index in [4.69, 9.17) is 14.6 Å². The largest absolute Gasteiger partial charge is 0.497 e. The molecule has 0 spiro atoms. The maximum Gasteiger partial charge on any atom is 0.305 e. The molecule has 0 unspecified atom stereocenters. The van der Waals surface area contributed by atoms with E-state index in [2.05, 4.69) is 0 Å². The van der Waals surface area contributed by atoms with Crippen molar-refractivity contribution >= 4 is 18.1 Å². The van der Waals surface area contributed by atoms with E-state index in [-0.39, 0.29) is 13.0 Å². The van der Waals surface area contributed by atoms with Crippen LogP contribution in [0.5, 0.6) is 11.5 Å². The van der Waals surface area contributed by atoms with Crippen LogP contribution in [0, 0.1) is 0 Å². The molecule has 1 aromatic rings. The number of methoxy groups -OCH3 is 2. The van der Waals surface area contributed by atoms with Gasteiger partial charge in [0.15, 0.2) is 0 Å². The van der Waals surface area contributed by atoms with E-state index in [1.807, 2.05) is 0 Å². The van der Waals surface area contributed by atoms with Crippen LogP contribution in [0.15, 0.2) is 18.2 Å². The molecule has 0 atom stereocenters. The van der Waals surface area contributed by atoms with Crippen LogP contribution < -0.4 is 14.4 Å². The van der Waals surface area contributed by atoms with Crippen molar-refractivity contribution in [3.8, 4) is 11.5 Å². The summed E-state index contributed by atoms with van der Waals surface area (Å²) in [7, 11) is 2.99. The lowest BCUT2D eigenvalue weighted by molar-refractivity contribution is -0.136. The lowest BCUT2D eigenvalue weighted by atomic mass is 10.2. The van der Waals surface area contributed by atoms with Gasteiger partial charge in [0.2, 0.25) is 6.41 Å². The van der Waals surface area contributed by atoms with E-state index in [0.29, 0.717) is 23.6 Å². The molecule has 1 N–H and O–H groups in total. The van der Waals surface area contributed by atoms with Crippen LogP contribution in [0.4, 0.5) is 5.69 Å². The Morgan fingerprint density at radius 2 is 2.11 bits per heavy atom. The summed E-state index contributed by atoms with van der Waals surface area (Å²) in [6, 6.07) is 4.95. The molecule has 1 amide bonds. The lowest BCUT2D eigenvalue weighted by Gasteiger charge is -2.19. The molecule has 1 aromatic carbocycles. The fourth-order valence-corrected chi connectivity index (χ4v) is 1.47. The molecular formula is C12H15NO5. The number of hydrogen-bond donors (Lipinski definition) is 1. The molecular weight excluding hydrogens is 238 g/mol. The fraction of sp³-hybridized carbons (Fsp3) is 0.333. The highest BCUT2D eigenvalue weighted by Crippen LogP contribution is 2.31. The Kier molecular flexibility index (Phi) is 4.98. The number of carboxylic acid groups (broad SMARTS) is 1. The van der Waals surface area contributed by atoms with Crippen LogP contribution >= 0.6 is 0 Å². The standard InChI is InChI=1S/C12H15NO5/c1-17-9-3-4-10(11(7-9)18-2)13(8-14)6-5-12(15)16/h3-4,7-8H,5-6H2,1-2H3,(H,15,16). The van der Waals surface area contributed by atoms with Crippen LogP contribution in [-0.2, 0) is 9.59 Å². The van der Waals surface area contributed by atoms with Crippen LogP contribution in [0.1, 0.15) is 6.42 Å². The molecule has 18 heavy (non-hydrogen) atoms. The smallest absolute Gasteiger partial charge is 0.305 e. The normalized spacial score (nSPS) is 9.67. The summed E-state index contributed by atoms with van der Waals surface area (Å²) in [5, 5.41) is 8.62. The molecule has 0 fully saturated rings. The molecule has 6 heteroatoms. The number of aliphatic carboxylic acids is 1. The van der Waals surface area contributed by atoms with Crippen molar-refractivity contribution in [2.75, 3.05) is 25.7 Å². The van der Waals surface area contributed by atoms with Crippen molar-refractivity contribution in [3.63, 3.8) is 0 Å². The highest BCUT2D eigenvalue weighted by Gasteiger charge is 2.13. The van der Waals surface area contributed by atoms with E-state index < -0.39 is 5.97 Å². The van der Waals surface area contributed by atoms with Gasteiger partial charge in [-0.15, -0.1) is 0 Å². The summed E-state index contributed by atoms with van der Waals surface area (Å²) in [6.07, 6.45) is 0.446. The minimum absolute atomic E-state index is 0.0848. The van der Waals surface area contributed by atoms with Crippen molar-refractivity contribution < 1.29 is 24.2 Å². The van der Waals surface area contributed by atoms with E-state index >= 15 is 0 Å². The number of amides is 1. The number of carbonyl (C=O) groups is 2. The maximum atomic E-state index is 11.0. The van der Waals surface area contributed by atoms with Gasteiger partial charge < -0.3 is 19.5 Å². The summed E-state index contributed by atoms with van der Waals surface area (Å²) >= 11 is 0. The number of carbonyl (C=O) groups excluding carboxylic acids is 1. The molecule has 0 bridgehead atoms. The van der Waals surface area contributed by atoms with Gasteiger partial charge >= 0.3 is 5.97 Å². The van der Waals surface area contributed by atoms with Crippen molar-refractivity contribution in [1.29, 1.82) is 0 Å². The average molecular weight is 253 g/mol. The van der Waals surface area contributed by atoms with Crippen LogP contribution in [0.25, 0.3) is 0 Å². The zero-order valence-corrected chi connectivity index (χ0v) is 10.3. The predicted molar refractivity (Wildman–Crippen MR) is 65.2 cm³/mol. The Morgan fingerprint density at radius 3 is 2.61 bits per heavy atom. The SMILES string of the molecule is COc1ccc(N(C=O)CCC(=O)O)c(OC)c1. The Labute approximate surface area is 105 Å². The van der Waals surface area contributed by atoms with Crippen molar-refractivity contribution in [3.05, 3.63) is 18.2 Å². The third kappa shape index (κ3) is 3.38. The van der Waals surface area contributed by atoms with Gasteiger partial charge in [-0.2, -0.15) is 0 Å². The molecule has 0 saturated heterocycles. The summed E-state index contributed by atoms with van der Waals surface area (Å²) in [5.74, 6) is 0.0841. The number of benzene rings is 1. The Bertz CT molecular complexity index is 432. The highest BCUT2D eigenvalue weighted by atomic mass is 16.5. The van der Waals surface area contributed by atoms with Crippen molar-refractivity contribution in [1.82, 2.24) is 0 Å². The number of carboxylic acids is 1. The lowest BCUT2D eigenvalue weighted by Crippen LogP contribution is -2.24. The van der Waals surface area contributed by atoms with Gasteiger partial charge in [-0.3, -0.25) is 9.59 Å². The summed E-state index contributed by atoms with van der Waals surface area (Å²) < 4.78 is 10.2. The van der Waals surface area contributed by atoms with Gasteiger partial charge in [0, 0.05) is 12.6 Å². The Hall–Kier alpha value is -2.24. The molecule has 0 radical (unpaired) electrons. The monoisotopic (exact) mass is 253 g/mol. The molecule has 0 aromatic heterocycles. The first-order valence-electron chi connectivity index (χ1n) is 5.28. The molecule has 0 aliphatic carbocycles. The molecule has 0 aliphatic rings. The van der Waals surface area contributed by atoms with E-state index in [1.165, 1.54) is 19.1 Å². The second-order valence-corrected chi connectivity index (χ2v) is 3.48. The predicted octanol–water partition coefficient (Wildman–Crippen LogP) is 1.14. The van der Waals surface area contributed by atoms with Crippen LogP contribution in [0.3, 0.4) is 0 Å². The first-order chi connectivity index (χ1) is 8.62. The minimum atomic E-state index is -0.964. The molecule has 0 saturated carbocycles. The van der Waals surface area contributed by atoms with Gasteiger partial charge in [0.25, 0.3) is 0 Å². The number of ether oxygens (including phenoxy) is 2. The van der Waals surface area contributed by atoms with Crippen LogP contribution in [-0.4, -0.2) is 38.3 Å². The molecule has 1 rings (SSSR count). The molecule has 6 nitrogen and oxygen atoms in total. The number of nitrogens with zero attached hydrogens (tertiary/aromatic N) is 1. The van der Waals surface area contributed by atoms with Gasteiger partial charge in [0.1, 0.15) is 11.5 Å². The molecule has 0 heterocycles. The third-order valence-electron chi connectivity index (χ3n) is 2.39. The first-order valence-corrected chi connectivity index (χ1v) is 5.28. The van der Waals surface area contributed by atoms with Gasteiger partial charge in [-0.25, -0.2) is 0 Å². The minimum Gasteiger partial charge on any atom is -0.497 e. The van der Waals surface area contributed by atoms with E-state index in [0.717, 1.165) is 0 Å². The Balaban J connectivity index is 2.97. The zero-order valence-electron chi connectivity index (χ0n) is 10.3. The van der Waals surface area contributed by atoms with E-state index in [1.54, 1.807) is 18.2 Å². The second-order valence-electron chi connectivity index (χ2n) is 3.48. The van der Waals surface area contributed by atoms with Crippen LogP contribution in [0.2, 0.25) is 0 Å². The quantitative estimate of drug-likeness (QED) is 0.737. The summed E-state index contributed by atoms with van der Waals surface area (Å²) in [4.78, 5) is 22.8. The molecule has 0 aliphatic heterocycles. The van der Waals surface area contributed by atoms with Gasteiger partial charge in [-0.1, -0.05) is 0 Å². The van der Waals surface area contributed by atoms with Gasteiger partial charge in [0.05, 0.1) is 26.3 Å². The third-order valence-corrected chi connectivity index (χ3v) is 2.39. The topological polar surface area (TPSA) is 76.1 Å². The summed E-state index contributed by atoms with van der Waals surface area (Å²) in [6.45, 7) is 0.0848. The fourth-order valence-electron chi connectivity index (χ4n) is 1.47. The first kappa shape index (κ1) is 13.8. The Morgan fingerprint density at radius 1 is 1.39 bits per heavy atom. The second kappa shape index (κ2) is 6.48. The number of rotatable bonds is 7. The number of anilines is 1. The van der Waals surface area contributed by atoms with Gasteiger partial charge in [-0.05, 0) is 12.1 Å². The van der Waals surface area contributed by atoms with Crippen molar-refractivity contribution in [2.24, 2.45) is 0 Å². The average Bonchev–Trinajstić information content (AvgIpc) is 2.39.